The average Bonchev–Trinajstić information content (AvgIpc) is 3.31. The van der Waals surface area contributed by atoms with Gasteiger partial charge in [-0.2, -0.15) is 13.2 Å². The van der Waals surface area contributed by atoms with Crippen molar-refractivity contribution in [3.63, 3.8) is 0 Å². The fraction of sp³-hybridized carbons (Fsp3) is 0.579. The first-order valence-corrected chi connectivity index (χ1v) is 10.4. The summed E-state index contributed by atoms with van der Waals surface area (Å²) in [5.41, 5.74) is 0.0492. The normalized spacial score (nSPS) is 30.4. The Balaban J connectivity index is 1.50. The van der Waals surface area contributed by atoms with Crippen LogP contribution in [-0.2, 0) is 11.7 Å². The summed E-state index contributed by atoms with van der Waals surface area (Å²) in [5.74, 6) is -1.18. The van der Waals surface area contributed by atoms with Gasteiger partial charge >= 0.3 is 6.18 Å². The Kier molecular flexibility index (Phi) is 5.09. The van der Waals surface area contributed by atoms with Crippen LogP contribution >= 0.6 is 11.3 Å². The number of aliphatic hydroxyl groups excluding tert-OH is 1. The molecule has 29 heavy (non-hydrogen) atoms. The second-order valence-corrected chi connectivity index (χ2v) is 9.04. The van der Waals surface area contributed by atoms with Gasteiger partial charge in [0.1, 0.15) is 0 Å². The van der Waals surface area contributed by atoms with Crippen LogP contribution < -0.4 is 10.2 Å². The highest BCUT2D eigenvalue weighted by atomic mass is 32.1. The predicted octanol–water partition coefficient (Wildman–Crippen LogP) is 3.01. The topological polar surface area (TPSA) is 64.5 Å². The Labute approximate surface area is 171 Å². The summed E-state index contributed by atoms with van der Waals surface area (Å²) in [6, 6.07) is 4.24. The number of hydrogen-bond acceptors (Lipinski definition) is 7. The first kappa shape index (κ1) is 20.5. The number of anilines is 1. The highest BCUT2D eigenvalue weighted by Gasteiger charge is 2.50. The fourth-order valence-electron chi connectivity index (χ4n) is 4.56. The van der Waals surface area contributed by atoms with Crippen molar-refractivity contribution in [2.45, 2.75) is 49.3 Å². The van der Waals surface area contributed by atoms with Crippen LogP contribution in [-0.4, -0.2) is 52.5 Å². The van der Waals surface area contributed by atoms with Crippen molar-refractivity contribution in [2.75, 3.05) is 25.5 Å². The number of nitrogens with zero attached hydrogens (tertiary/aromatic N) is 4. The van der Waals surface area contributed by atoms with Crippen molar-refractivity contribution in [3.8, 4) is 0 Å². The van der Waals surface area contributed by atoms with E-state index in [2.05, 4.69) is 51.8 Å². The lowest BCUT2D eigenvalue weighted by Crippen LogP contribution is -2.54. The molecule has 1 aliphatic heterocycles. The first-order chi connectivity index (χ1) is 13.7. The van der Waals surface area contributed by atoms with E-state index in [1.807, 2.05) is 0 Å². The quantitative estimate of drug-likeness (QED) is 0.785. The molecule has 3 heterocycles. The summed E-state index contributed by atoms with van der Waals surface area (Å²) in [7, 11) is 4.20. The summed E-state index contributed by atoms with van der Waals surface area (Å²) in [4.78, 5) is 12.1. The van der Waals surface area contributed by atoms with Gasteiger partial charge in [-0.25, -0.2) is 9.97 Å². The van der Waals surface area contributed by atoms with E-state index in [-0.39, 0.29) is 11.1 Å². The molecule has 1 aliphatic carbocycles. The number of halogens is 3. The van der Waals surface area contributed by atoms with Gasteiger partial charge in [0.05, 0.1) is 23.6 Å². The lowest BCUT2D eigenvalue weighted by Gasteiger charge is -2.48. The number of aromatic nitrogens is 2. The van der Waals surface area contributed by atoms with Gasteiger partial charge in [0.25, 0.3) is 0 Å². The second kappa shape index (κ2) is 7.19. The lowest BCUT2D eigenvalue weighted by molar-refractivity contribution is -0.144. The van der Waals surface area contributed by atoms with Crippen LogP contribution in [0.1, 0.15) is 36.4 Å². The molecule has 1 atom stereocenters. The van der Waals surface area contributed by atoms with E-state index in [9.17, 15) is 18.3 Å². The zero-order chi connectivity index (χ0) is 20.9. The molecule has 0 bridgehead atoms. The average molecular weight is 427 g/mol. The Morgan fingerprint density at radius 1 is 1.21 bits per heavy atom. The molecular formula is C19H24F3N5OS. The molecule has 2 N–H and O–H groups in total. The summed E-state index contributed by atoms with van der Waals surface area (Å²) >= 11 is 1.76. The minimum absolute atomic E-state index is 0.0308. The van der Waals surface area contributed by atoms with Gasteiger partial charge in [0.15, 0.2) is 6.35 Å². The van der Waals surface area contributed by atoms with Crippen molar-refractivity contribution in [3.05, 3.63) is 40.6 Å². The molecule has 2 aromatic heterocycles. The maximum atomic E-state index is 12.7. The van der Waals surface area contributed by atoms with Crippen LogP contribution in [0, 0.1) is 0 Å². The third kappa shape index (κ3) is 3.63. The van der Waals surface area contributed by atoms with Crippen LogP contribution in [0.15, 0.2) is 29.9 Å². The van der Waals surface area contributed by atoms with Gasteiger partial charge in [-0.15, -0.1) is 11.3 Å². The molecule has 10 heteroatoms. The van der Waals surface area contributed by atoms with Gasteiger partial charge in [-0.05, 0) is 51.2 Å². The number of rotatable bonds is 3. The van der Waals surface area contributed by atoms with E-state index in [1.165, 1.54) is 4.88 Å². The van der Waals surface area contributed by atoms with Crippen molar-refractivity contribution in [1.82, 2.24) is 20.2 Å². The first-order valence-electron chi connectivity index (χ1n) is 9.48. The van der Waals surface area contributed by atoms with Crippen molar-refractivity contribution < 1.29 is 18.3 Å². The minimum Gasteiger partial charge on any atom is -0.361 e. The Morgan fingerprint density at radius 2 is 1.86 bits per heavy atom. The Bertz CT molecular complexity index is 833. The summed E-state index contributed by atoms with van der Waals surface area (Å²) in [6.45, 7) is 0.497. The zero-order valence-corrected chi connectivity index (χ0v) is 17.1. The van der Waals surface area contributed by atoms with Crippen LogP contribution in [0.5, 0.6) is 0 Å². The highest BCUT2D eigenvalue weighted by Crippen LogP contribution is 2.47. The van der Waals surface area contributed by atoms with Crippen LogP contribution in [0.25, 0.3) is 0 Å². The number of nitrogens with one attached hydrogen (secondary N) is 1. The van der Waals surface area contributed by atoms with Crippen molar-refractivity contribution in [2.24, 2.45) is 0 Å². The Hall–Kier alpha value is -1.75. The molecule has 0 amide bonds. The zero-order valence-electron chi connectivity index (χ0n) is 16.3. The third-order valence-corrected chi connectivity index (χ3v) is 7.36. The molecule has 1 saturated carbocycles. The molecule has 0 aromatic carbocycles. The molecule has 1 unspecified atom stereocenters. The van der Waals surface area contributed by atoms with E-state index >= 15 is 0 Å². The van der Waals surface area contributed by atoms with E-state index < -0.39 is 18.4 Å². The maximum Gasteiger partial charge on any atom is 0.451 e. The molecule has 2 aliphatic rings. The molecule has 2 aromatic rings. The lowest BCUT2D eigenvalue weighted by atomic mass is 9.71. The predicted molar refractivity (Wildman–Crippen MR) is 104 cm³/mol. The summed E-state index contributed by atoms with van der Waals surface area (Å²) in [5, 5.41) is 15.9. The van der Waals surface area contributed by atoms with Crippen LogP contribution in [0.2, 0.25) is 0 Å². The Morgan fingerprint density at radius 3 is 2.38 bits per heavy atom. The van der Waals surface area contributed by atoms with Crippen molar-refractivity contribution >= 4 is 17.0 Å². The molecule has 1 saturated heterocycles. The molecule has 158 valence electrons. The van der Waals surface area contributed by atoms with Crippen molar-refractivity contribution in [1.29, 1.82) is 0 Å². The minimum atomic E-state index is -4.58. The molecule has 0 radical (unpaired) electrons. The van der Waals surface area contributed by atoms with E-state index in [0.717, 1.165) is 38.1 Å². The van der Waals surface area contributed by atoms with Gasteiger partial charge in [0, 0.05) is 17.0 Å². The van der Waals surface area contributed by atoms with E-state index in [0.29, 0.717) is 12.2 Å². The largest absolute Gasteiger partial charge is 0.451 e. The van der Waals surface area contributed by atoms with E-state index in [1.54, 1.807) is 16.2 Å². The number of hydrogen-bond donors (Lipinski definition) is 2. The second-order valence-electron chi connectivity index (χ2n) is 8.09. The summed E-state index contributed by atoms with van der Waals surface area (Å²) < 4.78 is 38.1. The standard InChI is InChI=1S/C19H24F3N5OS/c1-26(2)18(14-4-3-9-29-14)7-5-17(6-8-18)12-27(16(28)25-17)13-10-23-15(24-11-13)19(20,21)22/h3-4,9-11,16,25,28H,5-8,12H2,1-2H3/t16?,17-,18-. The molecular weight excluding hydrogens is 403 g/mol. The monoisotopic (exact) mass is 427 g/mol. The van der Waals surface area contributed by atoms with Gasteiger partial charge < -0.3 is 10.0 Å². The number of aliphatic hydroxyl groups is 1. The van der Waals surface area contributed by atoms with Crippen LogP contribution in [0.4, 0.5) is 18.9 Å². The number of alkyl halides is 3. The smallest absolute Gasteiger partial charge is 0.361 e. The molecule has 1 spiro atoms. The van der Waals surface area contributed by atoms with E-state index in [4.69, 9.17) is 0 Å². The highest BCUT2D eigenvalue weighted by molar-refractivity contribution is 7.10. The maximum absolute atomic E-state index is 12.7. The SMILES string of the molecule is CN(C)[C@]1(c2cccs2)CC[C@@]2(CC1)CN(c1cnc(C(F)(F)F)nc1)C(O)N2. The number of thiophene rings is 1. The molecule has 2 fully saturated rings. The van der Waals surface area contributed by atoms with Gasteiger partial charge in [-0.3, -0.25) is 10.2 Å². The van der Waals surface area contributed by atoms with Gasteiger partial charge in [0.2, 0.25) is 5.82 Å². The third-order valence-electron chi connectivity index (χ3n) is 6.30. The van der Waals surface area contributed by atoms with Crippen LogP contribution in [0.3, 0.4) is 0 Å². The molecule has 4 rings (SSSR count). The van der Waals surface area contributed by atoms with Gasteiger partial charge in [-0.1, -0.05) is 6.07 Å². The molecule has 6 nitrogen and oxygen atoms in total. The fourth-order valence-corrected chi connectivity index (χ4v) is 5.63. The summed E-state index contributed by atoms with van der Waals surface area (Å²) in [6.07, 6.45) is 0.230.